The normalized spacial score (nSPS) is 12.6. The van der Waals surface area contributed by atoms with E-state index in [-0.39, 0.29) is 16.9 Å². The number of nitrogens with zero attached hydrogens (tertiary/aromatic N) is 2. The van der Waals surface area contributed by atoms with E-state index in [2.05, 4.69) is 35.5 Å². The number of hydrogen-bond donors (Lipinski definition) is 1. The van der Waals surface area contributed by atoms with Gasteiger partial charge in [-0.15, -0.1) is 5.21 Å². The zero-order chi connectivity index (χ0) is 17.4. The molecule has 2 rings (SSSR count). The Kier molecular flexibility index (Phi) is 4.94. The van der Waals surface area contributed by atoms with E-state index in [1.807, 2.05) is 39.8 Å². The summed E-state index contributed by atoms with van der Waals surface area (Å²) in [5.41, 5.74) is 2.83. The molecule has 0 unspecified atom stereocenters. The van der Waals surface area contributed by atoms with E-state index < -0.39 is 9.84 Å². The van der Waals surface area contributed by atoms with Gasteiger partial charge < -0.3 is 11.3 Å². The Morgan fingerprint density at radius 3 is 1.83 bits per heavy atom. The highest BCUT2D eigenvalue weighted by molar-refractivity contribution is 7.91. The van der Waals surface area contributed by atoms with Gasteiger partial charge in [0, 0.05) is 0 Å². The van der Waals surface area contributed by atoms with Gasteiger partial charge in [-0.3, -0.25) is 5.10 Å². The fraction of sp³-hybridized carbons (Fsp3) is 0.529. The highest BCUT2D eigenvalue weighted by atomic mass is 32.2. The van der Waals surface area contributed by atoms with E-state index in [1.54, 1.807) is 0 Å². The fourth-order valence-electron chi connectivity index (χ4n) is 2.59. The van der Waals surface area contributed by atoms with Crippen molar-refractivity contribution in [2.24, 2.45) is 0 Å². The zero-order valence-electron chi connectivity index (χ0n) is 14.5. The SMILES string of the molecule is CC(C)c1cc(C(C)C)c(S(=O)(=O)c2[c-]nn[nH]2)c(C(C)C)c1. The van der Waals surface area contributed by atoms with Crippen LogP contribution >= 0.6 is 0 Å². The summed E-state index contributed by atoms with van der Waals surface area (Å²) in [6.45, 7) is 12.3. The summed E-state index contributed by atoms with van der Waals surface area (Å²) in [6.07, 6.45) is 2.44. The smallest absolute Gasteiger partial charge is 0.191 e. The van der Waals surface area contributed by atoms with Crippen molar-refractivity contribution in [3.8, 4) is 0 Å². The van der Waals surface area contributed by atoms with E-state index in [4.69, 9.17) is 0 Å². The summed E-state index contributed by atoms with van der Waals surface area (Å²) < 4.78 is 26.2. The van der Waals surface area contributed by atoms with Crippen molar-refractivity contribution < 1.29 is 8.42 Å². The second-order valence-electron chi connectivity index (χ2n) is 6.75. The van der Waals surface area contributed by atoms with Gasteiger partial charge in [0.15, 0.2) is 9.84 Å². The third-order valence-electron chi connectivity index (χ3n) is 3.97. The molecule has 1 aromatic heterocycles. The molecule has 0 aliphatic rings. The molecule has 126 valence electrons. The first kappa shape index (κ1) is 17.7. The molecule has 2 aromatic rings. The number of hydrogen-bond acceptors (Lipinski definition) is 4. The topological polar surface area (TPSA) is 75.7 Å². The van der Waals surface area contributed by atoms with Gasteiger partial charge in [-0.05, 0) is 39.5 Å². The number of nitrogens with one attached hydrogen (secondary N) is 1. The number of H-pyrrole nitrogens is 1. The molecule has 0 atom stereocenters. The third kappa shape index (κ3) is 3.32. The zero-order valence-corrected chi connectivity index (χ0v) is 15.3. The van der Waals surface area contributed by atoms with Crippen molar-refractivity contribution >= 4 is 9.84 Å². The Hall–Kier alpha value is -1.69. The van der Waals surface area contributed by atoms with Crippen LogP contribution in [-0.4, -0.2) is 23.8 Å². The lowest BCUT2D eigenvalue weighted by molar-refractivity contribution is 0.586. The minimum Gasteiger partial charge on any atom is -0.351 e. The van der Waals surface area contributed by atoms with Crippen LogP contribution in [0.25, 0.3) is 0 Å². The number of sulfone groups is 1. The Balaban J connectivity index is 2.85. The minimum atomic E-state index is -3.73. The van der Waals surface area contributed by atoms with Gasteiger partial charge in [0.05, 0.1) is 4.90 Å². The average Bonchev–Trinajstić information content (AvgIpc) is 3.00. The van der Waals surface area contributed by atoms with Crippen LogP contribution in [0.5, 0.6) is 0 Å². The molecule has 6 heteroatoms. The fourth-order valence-corrected chi connectivity index (χ4v) is 4.32. The molecule has 5 nitrogen and oxygen atoms in total. The van der Waals surface area contributed by atoms with Crippen LogP contribution in [0.15, 0.2) is 22.1 Å². The maximum Gasteiger partial charge on any atom is 0.191 e. The van der Waals surface area contributed by atoms with E-state index in [0.29, 0.717) is 10.8 Å². The van der Waals surface area contributed by atoms with E-state index >= 15 is 0 Å². The van der Waals surface area contributed by atoms with Crippen LogP contribution in [0.3, 0.4) is 0 Å². The lowest BCUT2D eigenvalue weighted by atomic mass is 9.89. The monoisotopic (exact) mass is 334 g/mol. The Morgan fingerprint density at radius 2 is 1.48 bits per heavy atom. The minimum absolute atomic E-state index is 0.0846. The molecular weight excluding hydrogens is 310 g/mol. The molecule has 1 N–H and O–H groups in total. The molecule has 0 fully saturated rings. The predicted molar refractivity (Wildman–Crippen MR) is 89.4 cm³/mol. The van der Waals surface area contributed by atoms with Crippen molar-refractivity contribution in [2.45, 2.75) is 69.2 Å². The maximum atomic E-state index is 13.1. The maximum absolute atomic E-state index is 13.1. The number of aromatic nitrogens is 3. The summed E-state index contributed by atoms with van der Waals surface area (Å²) in [6, 6.07) is 4.02. The Morgan fingerprint density at radius 1 is 0.957 bits per heavy atom. The van der Waals surface area contributed by atoms with Gasteiger partial charge in [0.1, 0.15) is 0 Å². The summed E-state index contributed by atoms with van der Waals surface area (Å²) in [4.78, 5) is 0.370. The first-order valence-corrected chi connectivity index (χ1v) is 9.36. The molecule has 0 amide bonds. The standard InChI is InChI=1S/C17H24N3O2S/c1-10(2)13-7-14(11(3)4)17(15(8-13)12(5)6)23(21,22)16-9-18-20-19-16/h7-8,10-12H,1-6H3,(H,18,19,20)/q-1. The Bertz CT molecular complexity index is 747. The highest BCUT2D eigenvalue weighted by Gasteiger charge is 2.26. The van der Waals surface area contributed by atoms with Crippen molar-refractivity contribution in [3.63, 3.8) is 0 Å². The summed E-state index contributed by atoms with van der Waals surface area (Å²) >= 11 is 0. The number of aromatic amines is 1. The van der Waals surface area contributed by atoms with E-state index in [0.717, 1.165) is 16.7 Å². The lowest BCUT2D eigenvalue weighted by Gasteiger charge is -2.23. The van der Waals surface area contributed by atoms with Crippen molar-refractivity contribution in [3.05, 3.63) is 35.0 Å². The summed E-state index contributed by atoms with van der Waals surface area (Å²) in [5.74, 6) is 0.515. The van der Waals surface area contributed by atoms with Gasteiger partial charge in [0.2, 0.25) is 0 Å². The molecular formula is C17H24N3O2S-. The van der Waals surface area contributed by atoms with E-state index in [9.17, 15) is 8.42 Å². The summed E-state index contributed by atoms with van der Waals surface area (Å²) in [7, 11) is -3.73. The van der Waals surface area contributed by atoms with Gasteiger partial charge >= 0.3 is 0 Å². The molecule has 0 saturated carbocycles. The van der Waals surface area contributed by atoms with Crippen LogP contribution in [-0.2, 0) is 9.84 Å². The van der Waals surface area contributed by atoms with Crippen LogP contribution in [0.4, 0.5) is 0 Å². The quantitative estimate of drug-likeness (QED) is 0.844. The van der Waals surface area contributed by atoms with Crippen LogP contribution in [0, 0.1) is 6.20 Å². The highest BCUT2D eigenvalue weighted by Crippen LogP contribution is 2.37. The van der Waals surface area contributed by atoms with Crippen LogP contribution in [0.1, 0.15) is 76.0 Å². The van der Waals surface area contributed by atoms with Gasteiger partial charge in [0.25, 0.3) is 0 Å². The van der Waals surface area contributed by atoms with Gasteiger partial charge in [-0.1, -0.05) is 53.7 Å². The van der Waals surface area contributed by atoms with Crippen molar-refractivity contribution in [1.82, 2.24) is 15.4 Å². The molecule has 1 heterocycles. The second-order valence-corrected chi connectivity index (χ2v) is 8.57. The predicted octanol–water partition coefficient (Wildman–Crippen LogP) is 3.81. The molecule has 0 aliphatic heterocycles. The first-order valence-electron chi connectivity index (χ1n) is 7.87. The lowest BCUT2D eigenvalue weighted by Crippen LogP contribution is -2.13. The first-order chi connectivity index (χ1) is 10.7. The molecule has 0 spiro atoms. The summed E-state index contributed by atoms with van der Waals surface area (Å²) in [5, 5.41) is 9.35. The molecule has 23 heavy (non-hydrogen) atoms. The Labute approximate surface area is 138 Å². The third-order valence-corrected chi connectivity index (χ3v) is 5.70. The molecule has 0 radical (unpaired) electrons. The average molecular weight is 334 g/mol. The van der Waals surface area contributed by atoms with E-state index in [1.165, 1.54) is 0 Å². The largest absolute Gasteiger partial charge is 0.351 e. The van der Waals surface area contributed by atoms with Gasteiger partial charge in [-0.2, -0.15) is 0 Å². The molecule has 1 aromatic carbocycles. The number of benzene rings is 1. The second kappa shape index (κ2) is 6.43. The molecule has 0 aliphatic carbocycles. The van der Waals surface area contributed by atoms with Crippen LogP contribution in [0.2, 0.25) is 0 Å². The molecule has 0 saturated heterocycles. The van der Waals surface area contributed by atoms with Gasteiger partial charge in [-0.25, -0.2) is 8.42 Å². The van der Waals surface area contributed by atoms with Crippen molar-refractivity contribution in [2.75, 3.05) is 0 Å². The molecule has 0 bridgehead atoms. The van der Waals surface area contributed by atoms with Crippen molar-refractivity contribution in [1.29, 1.82) is 0 Å². The van der Waals surface area contributed by atoms with Crippen LogP contribution < -0.4 is 0 Å². The number of rotatable bonds is 5.